The minimum Gasteiger partial charge on any atom is -0.491 e. The summed E-state index contributed by atoms with van der Waals surface area (Å²) in [5.41, 5.74) is 1.33. The zero-order chi connectivity index (χ0) is 16.8. The zero-order valence-corrected chi connectivity index (χ0v) is 14.4. The molecular weight excluding hydrogens is 335 g/mol. The highest BCUT2D eigenvalue weighted by molar-refractivity contribution is 6.36. The van der Waals surface area contributed by atoms with Crippen molar-refractivity contribution in [3.8, 4) is 5.75 Å². The van der Waals surface area contributed by atoms with Crippen molar-refractivity contribution in [3.63, 3.8) is 0 Å². The molecule has 1 amide bonds. The molecule has 2 N–H and O–H groups in total. The van der Waals surface area contributed by atoms with Gasteiger partial charge in [-0.15, -0.1) is 0 Å². The average Bonchev–Trinajstić information content (AvgIpc) is 2.46. The minimum absolute atomic E-state index is 0.0784. The summed E-state index contributed by atoms with van der Waals surface area (Å²) in [4.78, 5) is 12.0. The predicted molar refractivity (Wildman–Crippen MR) is 95.8 cm³/mol. The topological polar surface area (TPSA) is 50.4 Å². The lowest BCUT2D eigenvalue weighted by atomic mass is 10.3. The van der Waals surface area contributed by atoms with E-state index in [1.165, 1.54) is 0 Å². The summed E-state index contributed by atoms with van der Waals surface area (Å²) in [6.45, 7) is 3.99. The van der Waals surface area contributed by atoms with Crippen molar-refractivity contribution in [1.29, 1.82) is 0 Å². The minimum atomic E-state index is -0.183. The molecule has 2 aromatic carbocycles. The Balaban J connectivity index is 1.92. The van der Waals surface area contributed by atoms with Gasteiger partial charge in [-0.3, -0.25) is 4.79 Å². The number of hydrogen-bond acceptors (Lipinski definition) is 3. The van der Waals surface area contributed by atoms with E-state index in [0.29, 0.717) is 27.2 Å². The number of carbonyl (C=O) groups is 1. The lowest BCUT2D eigenvalue weighted by Gasteiger charge is -2.12. The van der Waals surface area contributed by atoms with Crippen LogP contribution in [0.1, 0.15) is 13.8 Å². The molecule has 4 nitrogen and oxygen atoms in total. The molecule has 0 atom stereocenters. The largest absolute Gasteiger partial charge is 0.491 e. The molecular formula is C17H18Cl2N2O2. The molecule has 0 spiro atoms. The molecule has 0 aliphatic carbocycles. The van der Waals surface area contributed by atoms with Crippen LogP contribution in [0.2, 0.25) is 10.0 Å². The Morgan fingerprint density at radius 1 is 1.17 bits per heavy atom. The van der Waals surface area contributed by atoms with Gasteiger partial charge in [0, 0.05) is 16.8 Å². The van der Waals surface area contributed by atoms with Crippen molar-refractivity contribution in [2.24, 2.45) is 0 Å². The van der Waals surface area contributed by atoms with Crippen molar-refractivity contribution >= 4 is 40.5 Å². The van der Waals surface area contributed by atoms with Crippen LogP contribution in [0.15, 0.2) is 42.5 Å². The Morgan fingerprint density at radius 2 is 1.96 bits per heavy atom. The second-order valence-electron chi connectivity index (χ2n) is 5.22. The molecule has 0 saturated carbocycles. The van der Waals surface area contributed by atoms with E-state index >= 15 is 0 Å². The number of halogens is 2. The highest BCUT2D eigenvalue weighted by Gasteiger charge is 2.06. The van der Waals surface area contributed by atoms with Gasteiger partial charge in [0.2, 0.25) is 5.91 Å². The van der Waals surface area contributed by atoms with Gasteiger partial charge >= 0.3 is 0 Å². The SMILES string of the molecule is CC(C)Oc1cccc(NC(=O)CNc2ccc(Cl)cc2Cl)c1. The number of anilines is 2. The van der Waals surface area contributed by atoms with Gasteiger partial charge in [0.1, 0.15) is 5.75 Å². The first-order valence-corrected chi connectivity index (χ1v) is 7.95. The van der Waals surface area contributed by atoms with Crippen LogP contribution in [0, 0.1) is 0 Å². The maximum Gasteiger partial charge on any atom is 0.243 e. The molecule has 0 aliphatic heterocycles. The summed E-state index contributed by atoms with van der Waals surface area (Å²) in [7, 11) is 0. The first-order chi connectivity index (χ1) is 10.9. The summed E-state index contributed by atoms with van der Waals surface area (Å²) >= 11 is 11.9. The van der Waals surface area contributed by atoms with Crippen LogP contribution in [0.5, 0.6) is 5.75 Å². The Hall–Kier alpha value is -1.91. The highest BCUT2D eigenvalue weighted by atomic mass is 35.5. The van der Waals surface area contributed by atoms with Gasteiger partial charge in [-0.05, 0) is 44.2 Å². The Labute approximate surface area is 145 Å². The molecule has 0 aromatic heterocycles. The Kier molecular flexibility index (Phi) is 6.13. The van der Waals surface area contributed by atoms with Crippen LogP contribution < -0.4 is 15.4 Å². The number of rotatable bonds is 6. The second kappa shape index (κ2) is 8.09. The maximum atomic E-state index is 12.0. The molecule has 0 fully saturated rings. The fourth-order valence-electron chi connectivity index (χ4n) is 1.93. The lowest BCUT2D eigenvalue weighted by Crippen LogP contribution is -2.21. The molecule has 122 valence electrons. The van der Waals surface area contributed by atoms with Gasteiger partial charge in [0.25, 0.3) is 0 Å². The predicted octanol–water partition coefficient (Wildman–Crippen LogP) is 4.83. The third-order valence-electron chi connectivity index (χ3n) is 2.86. The average molecular weight is 353 g/mol. The Bertz CT molecular complexity index is 690. The zero-order valence-electron chi connectivity index (χ0n) is 12.9. The maximum absolute atomic E-state index is 12.0. The molecule has 0 radical (unpaired) electrons. The first kappa shape index (κ1) is 17.4. The number of amides is 1. The fourth-order valence-corrected chi connectivity index (χ4v) is 2.41. The van der Waals surface area contributed by atoms with Crippen molar-refractivity contribution in [2.45, 2.75) is 20.0 Å². The van der Waals surface area contributed by atoms with E-state index in [-0.39, 0.29) is 18.6 Å². The molecule has 0 aliphatic rings. The number of benzene rings is 2. The molecule has 0 bridgehead atoms. The molecule has 0 heterocycles. The van der Waals surface area contributed by atoms with Gasteiger partial charge in [-0.25, -0.2) is 0 Å². The number of ether oxygens (including phenoxy) is 1. The van der Waals surface area contributed by atoms with Crippen LogP contribution in [-0.4, -0.2) is 18.6 Å². The summed E-state index contributed by atoms with van der Waals surface area (Å²) in [5.74, 6) is 0.532. The van der Waals surface area contributed by atoms with E-state index in [9.17, 15) is 4.79 Å². The van der Waals surface area contributed by atoms with Gasteiger partial charge in [-0.2, -0.15) is 0 Å². The van der Waals surface area contributed by atoms with E-state index in [0.717, 1.165) is 0 Å². The van der Waals surface area contributed by atoms with Crippen molar-refractivity contribution in [3.05, 3.63) is 52.5 Å². The van der Waals surface area contributed by atoms with E-state index in [1.54, 1.807) is 30.3 Å². The van der Waals surface area contributed by atoms with Crippen LogP contribution >= 0.6 is 23.2 Å². The molecule has 6 heteroatoms. The fraction of sp³-hybridized carbons (Fsp3) is 0.235. The monoisotopic (exact) mass is 352 g/mol. The Morgan fingerprint density at radius 3 is 2.65 bits per heavy atom. The van der Waals surface area contributed by atoms with Crippen molar-refractivity contribution in [2.75, 3.05) is 17.2 Å². The molecule has 0 unspecified atom stereocenters. The quantitative estimate of drug-likeness (QED) is 0.782. The molecule has 23 heavy (non-hydrogen) atoms. The number of hydrogen-bond donors (Lipinski definition) is 2. The summed E-state index contributed by atoms with van der Waals surface area (Å²) in [6, 6.07) is 12.3. The van der Waals surface area contributed by atoms with Gasteiger partial charge < -0.3 is 15.4 Å². The smallest absolute Gasteiger partial charge is 0.243 e. The van der Waals surface area contributed by atoms with E-state index < -0.39 is 0 Å². The molecule has 2 aromatic rings. The molecule has 2 rings (SSSR count). The third kappa shape index (κ3) is 5.66. The van der Waals surface area contributed by atoms with E-state index in [1.807, 2.05) is 26.0 Å². The summed E-state index contributed by atoms with van der Waals surface area (Å²) < 4.78 is 5.60. The van der Waals surface area contributed by atoms with E-state index in [4.69, 9.17) is 27.9 Å². The summed E-state index contributed by atoms with van der Waals surface area (Å²) in [6.07, 6.45) is 0.0784. The molecule has 0 saturated heterocycles. The van der Waals surface area contributed by atoms with Gasteiger partial charge in [0.05, 0.1) is 23.4 Å². The van der Waals surface area contributed by atoms with E-state index in [2.05, 4.69) is 10.6 Å². The van der Waals surface area contributed by atoms with Gasteiger partial charge in [0.15, 0.2) is 0 Å². The van der Waals surface area contributed by atoms with Crippen molar-refractivity contribution < 1.29 is 9.53 Å². The second-order valence-corrected chi connectivity index (χ2v) is 6.06. The van der Waals surface area contributed by atoms with Gasteiger partial charge in [-0.1, -0.05) is 29.3 Å². The van der Waals surface area contributed by atoms with Crippen LogP contribution in [0.25, 0.3) is 0 Å². The standard InChI is InChI=1S/C17H18Cl2N2O2/c1-11(2)23-14-5-3-4-13(9-14)21-17(22)10-20-16-7-6-12(18)8-15(16)19/h3-9,11,20H,10H2,1-2H3,(H,21,22). The highest BCUT2D eigenvalue weighted by Crippen LogP contribution is 2.25. The lowest BCUT2D eigenvalue weighted by molar-refractivity contribution is -0.114. The third-order valence-corrected chi connectivity index (χ3v) is 3.41. The first-order valence-electron chi connectivity index (χ1n) is 7.19. The van der Waals surface area contributed by atoms with Crippen LogP contribution in [0.4, 0.5) is 11.4 Å². The number of nitrogens with one attached hydrogen (secondary N) is 2. The van der Waals surface area contributed by atoms with Crippen LogP contribution in [-0.2, 0) is 4.79 Å². The number of carbonyl (C=O) groups excluding carboxylic acids is 1. The summed E-state index contributed by atoms with van der Waals surface area (Å²) in [5, 5.41) is 6.80. The van der Waals surface area contributed by atoms with Crippen LogP contribution in [0.3, 0.4) is 0 Å². The van der Waals surface area contributed by atoms with Crippen molar-refractivity contribution in [1.82, 2.24) is 0 Å². The normalized spacial score (nSPS) is 10.5.